The zero-order valence-electron chi connectivity index (χ0n) is 11.2. The maximum Gasteiger partial charge on any atom is 0.0860 e. The van der Waals surface area contributed by atoms with E-state index in [4.69, 9.17) is 34.8 Å². The molecular weight excluding hydrogens is 319 g/mol. The topological polar surface area (TPSA) is 38.0 Å². The first-order valence-electron chi connectivity index (χ1n) is 6.27. The van der Waals surface area contributed by atoms with Crippen LogP contribution in [0.5, 0.6) is 0 Å². The zero-order valence-corrected chi connectivity index (χ0v) is 13.5. The molecule has 0 saturated heterocycles. The number of benzene rings is 1. The van der Waals surface area contributed by atoms with Gasteiger partial charge in [0.2, 0.25) is 0 Å². The summed E-state index contributed by atoms with van der Waals surface area (Å²) in [5, 5.41) is 16.3. The highest BCUT2D eigenvalue weighted by Gasteiger charge is 2.19. The van der Waals surface area contributed by atoms with Crippen LogP contribution in [0.25, 0.3) is 0 Å². The van der Waals surface area contributed by atoms with E-state index in [1.165, 1.54) is 0 Å². The molecule has 3 nitrogen and oxygen atoms in total. The second kappa shape index (κ2) is 6.35. The van der Waals surface area contributed by atoms with Crippen LogP contribution >= 0.6 is 34.8 Å². The van der Waals surface area contributed by atoms with Crippen LogP contribution in [0.3, 0.4) is 0 Å². The van der Waals surface area contributed by atoms with Crippen LogP contribution in [-0.2, 0) is 19.9 Å². The summed E-state index contributed by atoms with van der Waals surface area (Å²) in [6.07, 6.45) is 0.353. The molecular formula is C14H15Cl3N2O. The third-order valence-corrected chi connectivity index (χ3v) is 4.21. The van der Waals surface area contributed by atoms with Crippen molar-refractivity contribution in [2.45, 2.75) is 25.9 Å². The van der Waals surface area contributed by atoms with Crippen molar-refractivity contribution in [1.29, 1.82) is 0 Å². The third kappa shape index (κ3) is 3.12. The molecule has 1 heterocycles. The van der Waals surface area contributed by atoms with E-state index < -0.39 is 6.10 Å². The molecule has 1 aromatic carbocycles. The number of nitrogens with zero attached hydrogens (tertiary/aromatic N) is 2. The predicted molar refractivity (Wildman–Crippen MR) is 82.7 cm³/mol. The fraction of sp³-hybridized carbons (Fsp3) is 0.357. The molecule has 0 amide bonds. The molecule has 1 atom stereocenters. The summed E-state index contributed by atoms with van der Waals surface area (Å²) in [5.41, 5.74) is 2.26. The minimum atomic E-state index is -0.752. The number of aliphatic hydroxyl groups is 1. The Morgan fingerprint density at radius 2 is 2.00 bits per heavy atom. The van der Waals surface area contributed by atoms with Crippen molar-refractivity contribution >= 4 is 34.8 Å². The molecule has 1 aromatic heterocycles. The van der Waals surface area contributed by atoms with Crippen LogP contribution in [-0.4, -0.2) is 14.9 Å². The molecule has 2 aromatic rings. The molecule has 0 radical (unpaired) electrons. The average Bonchev–Trinajstić information content (AvgIpc) is 2.66. The summed E-state index contributed by atoms with van der Waals surface area (Å²) in [7, 11) is 1.82. The molecule has 0 fully saturated rings. The Labute approximate surface area is 133 Å². The van der Waals surface area contributed by atoms with Gasteiger partial charge in [-0.2, -0.15) is 5.10 Å². The van der Waals surface area contributed by atoms with Gasteiger partial charge >= 0.3 is 0 Å². The van der Waals surface area contributed by atoms with Gasteiger partial charge in [0.05, 0.1) is 22.5 Å². The monoisotopic (exact) mass is 332 g/mol. The van der Waals surface area contributed by atoms with Crippen molar-refractivity contribution in [2.24, 2.45) is 7.05 Å². The molecule has 6 heteroatoms. The minimum Gasteiger partial charge on any atom is -0.388 e. The highest BCUT2D eigenvalue weighted by atomic mass is 35.5. The van der Waals surface area contributed by atoms with Crippen LogP contribution in [0.1, 0.15) is 30.0 Å². The van der Waals surface area contributed by atoms with Gasteiger partial charge in [-0.3, -0.25) is 4.68 Å². The van der Waals surface area contributed by atoms with E-state index in [-0.39, 0.29) is 0 Å². The first-order valence-corrected chi connectivity index (χ1v) is 7.40. The summed E-state index contributed by atoms with van der Waals surface area (Å²) in [5.74, 6) is 0. The Kier molecular flexibility index (Phi) is 4.97. The summed E-state index contributed by atoms with van der Waals surface area (Å²) in [4.78, 5) is 0. The molecule has 0 saturated carbocycles. The number of halogens is 3. The van der Waals surface area contributed by atoms with E-state index in [1.807, 2.05) is 14.0 Å². The summed E-state index contributed by atoms with van der Waals surface area (Å²) in [6.45, 7) is 1.99. The molecule has 2 rings (SSSR count). The Hall–Kier alpha value is -0.740. The van der Waals surface area contributed by atoms with Crippen molar-refractivity contribution in [3.8, 4) is 0 Å². The largest absolute Gasteiger partial charge is 0.388 e. The van der Waals surface area contributed by atoms with Crippen LogP contribution < -0.4 is 0 Å². The van der Waals surface area contributed by atoms with E-state index in [1.54, 1.807) is 22.9 Å². The number of aromatic nitrogens is 2. The lowest BCUT2D eigenvalue weighted by atomic mass is 10.0. The van der Waals surface area contributed by atoms with Crippen LogP contribution in [0.15, 0.2) is 18.2 Å². The normalized spacial score (nSPS) is 12.7. The van der Waals surface area contributed by atoms with Crippen molar-refractivity contribution < 1.29 is 5.11 Å². The smallest absolute Gasteiger partial charge is 0.0860 e. The van der Waals surface area contributed by atoms with Crippen LogP contribution in [0, 0.1) is 0 Å². The lowest BCUT2D eigenvalue weighted by Crippen LogP contribution is -2.07. The Morgan fingerprint density at radius 3 is 2.55 bits per heavy atom. The van der Waals surface area contributed by atoms with Gasteiger partial charge in [0.25, 0.3) is 0 Å². The lowest BCUT2D eigenvalue weighted by molar-refractivity contribution is 0.176. The van der Waals surface area contributed by atoms with Crippen molar-refractivity contribution in [3.63, 3.8) is 0 Å². The second-order valence-corrected chi connectivity index (χ2v) is 5.79. The molecule has 0 bridgehead atoms. The van der Waals surface area contributed by atoms with Gasteiger partial charge in [0.15, 0.2) is 0 Å². The van der Waals surface area contributed by atoms with Gasteiger partial charge in [-0.05, 0) is 24.1 Å². The summed E-state index contributed by atoms with van der Waals surface area (Å²) < 4.78 is 1.70. The van der Waals surface area contributed by atoms with E-state index in [9.17, 15) is 5.11 Å². The standard InChI is InChI=1S/C14H15Cl3N2O/c1-3-11-14(17)12(19(2)18-11)7-13(20)9-5-4-8(15)6-10(9)16/h4-6,13,20H,3,7H2,1-2H3. The Bertz CT molecular complexity index is 625. The van der Waals surface area contributed by atoms with Gasteiger partial charge in [0, 0.05) is 23.5 Å². The fourth-order valence-corrected chi connectivity index (χ4v) is 3.01. The summed E-state index contributed by atoms with van der Waals surface area (Å²) >= 11 is 18.2. The zero-order chi connectivity index (χ0) is 14.9. The highest BCUT2D eigenvalue weighted by molar-refractivity contribution is 6.35. The van der Waals surface area contributed by atoms with Crippen molar-refractivity contribution in [2.75, 3.05) is 0 Å². The molecule has 0 aliphatic carbocycles. The predicted octanol–water partition coefficient (Wildman–Crippen LogP) is 4.22. The second-order valence-electron chi connectivity index (χ2n) is 4.57. The molecule has 0 spiro atoms. The van der Waals surface area contributed by atoms with E-state index in [0.29, 0.717) is 27.1 Å². The number of rotatable bonds is 4. The lowest BCUT2D eigenvalue weighted by Gasteiger charge is -2.13. The molecule has 0 aliphatic rings. The van der Waals surface area contributed by atoms with E-state index in [0.717, 1.165) is 17.8 Å². The van der Waals surface area contributed by atoms with Gasteiger partial charge in [-0.1, -0.05) is 47.8 Å². The first-order chi connectivity index (χ1) is 9.43. The van der Waals surface area contributed by atoms with Gasteiger partial charge in [0.1, 0.15) is 0 Å². The minimum absolute atomic E-state index is 0.351. The Morgan fingerprint density at radius 1 is 1.30 bits per heavy atom. The molecule has 0 aliphatic heterocycles. The number of hydrogen-bond acceptors (Lipinski definition) is 2. The quantitative estimate of drug-likeness (QED) is 0.909. The molecule has 20 heavy (non-hydrogen) atoms. The van der Waals surface area contributed by atoms with E-state index in [2.05, 4.69) is 5.10 Å². The van der Waals surface area contributed by atoms with Crippen molar-refractivity contribution in [3.05, 3.63) is 50.2 Å². The van der Waals surface area contributed by atoms with Crippen LogP contribution in [0.4, 0.5) is 0 Å². The SMILES string of the molecule is CCc1nn(C)c(CC(O)c2ccc(Cl)cc2Cl)c1Cl. The summed E-state index contributed by atoms with van der Waals surface area (Å²) in [6, 6.07) is 5.04. The average molecular weight is 334 g/mol. The third-order valence-electron chi connectivity index (χ3n) is 3.21. The molecule has 1 N–H and O–H groups in total. The highest BCUT2D eigenvalue weighted by Crippen LogP contribution is 2.31. The number of hydrogen-bond donors (Lipinski definition) is 1. The van der Waals surface area contributed by atoms with Gasteiger partial charge < -0.3 is 5.11 Å². The molecule has 108 valence electrons. The van der Waals surface area contributed by atoms with Gasteiger partial charge in [-0.15, -0.1) is 0 Å². The van der Waals surface area contributed by atoms with E-state index >= 15 is 0 Å². The maximum absolute atomic E-state index is 10.3. The number of aryl methyl sites for hydroxylation is 2. The van der Waals surface area contributed by atoms with Crippen molar-refractivity contribution in [1.82, 2.24) is 9.78 Å². The number of aliphatic hydroxyl groups excluding tert-OH is 1. The Balaban J connectivity index is 2.27. The molecule has 1 unspecified atom stereocenters. The first kappa shape index (κ1) is 15.6. The maximum atomic E-state index is 10.3. The van der Waals surface area contributed by atoms with Crippen LogP contribution in [0.2, 0.25) is 15.1 Å². The fourth-order valence-electron chi connectivity index (χ4n) is 2.11. The van der Waals surface area contributed by atoms with Gasteiger partial charge in [-0.25, -0.2) is 0 Å².